The van der Waals surface area contributed by atoms with Gasteiger partial charge in [-0.3, -0.25) is 4.79 Å². The van der Waals surface area contributed by atoms with Crippen molar-refractivity contribution in [2.45, 2.75) is 20.4 Å². The summed E-state index contributed by atoms with van der Waals surface area (Å²) in [6.07, 6.45) is 1.61. The zero-order valence-electron chi connectivity index (χ0n) is 11.6. The highest BCUT2D eigenvalue weighted by molar-refractivity contribution is 7.21. The van der Waals surface area contributed by atoms with Crippen LogP contribution in [-0.2, 0) is 6.54 Å². The van der Waals surface area contributed by atoms with Crippen LogP contribution in [0.3, 0.4) is 0 Å². The minimum absolute atomic E-state index is 0.229. The number of nitrogen functional groups attached to an aromatic ring is 1. The molecule has 0 radical (unpaired) electrons. The fraction of sp³-hybridized carbons (Fsp3) is 0.214. The van der Waals surface area contributed by atoms with Gasteiger partial charge < -0.3 is 15.5 Å². The van der Waals surface area contributed by atoms with Gasteiger partial charge in [0.25, 0.3) is 5.91 Å². The van der Waals surface area contributed by atoms with Crippen LogP contribution in [0.2, 0.25) is 0 Å². The standard InChI is InChI=1S/C14H14N4O2S/c1-7-3-4-9-11(15)12(21-14(9)18-7)13(19)17-6-10-16-5-8(2)20-10/h3-5H,6,15H2,1-2H3,(H,17,19). The minimum atomic E-state index is -0.246. The molecule has 0 saturated carbocycles. The largest absolute Gasteiger partial charge is 0.444 e. The molecule has 1 amide bonds. The van der Waals surface area contributed by atoms with Gasteiger partial charge in [-0.1, -0.05) is 0 Å². The summed E-state index contributed by atoms with van der Waals surface area (Å²) in [4.78, 5) is 21.9. The highest BCUT2D eigenvalue weighted by atomic mass is 32.1. The van der Waals surface area contributed by atoms with Gasteiger partial charge in [-0.2, -0.15) is 0 Å². The summed E-state index contributed by atoms with van der Waals surface area (Å²) in [6.45, 7) is 3.93. The van der Waals surface area contributed by atoms with E-state index in [9.17, 15) is 4.79 Å². The van der Waals surface area contributed by atoms with Gasteiger partial charge in [-0.05, 0) is 26.0 Å². The number of oxazole rings is 1. The molecule has 3 aromatic heterocycles. The number of anilines is 1. The van der Waals surface area contributed by atoms with E-state index in [0.717, 1.165) is 15.9 Å². The normalized spacial score (nSPS) is 11.0. The quantitative estimate of drug-likeness (QED) is 0.775. The van der Waals surface area contributed by atoms with Gasteiger partial charge in [0.15, 0.2) is 0 Å². The second-order valence-corrected chi connectivity index (χ2v) is 5.70. The number of nitrogens with one attached hydrogen (secondary N) is 1. The molecule has 7 heteroatoms. The minimum Gasteiger partial charge on any atom is -0.444 e. The third-order valence-electron chi connectivity index (χ3n) is 3.01. The van der Waals surface area contributed by atoms with E-state index in [2.05, 4.69) is 15.3 Å². The maximum absolute atomic E-state index is 12.2. The number of pyridine rings is 1. The fourth-order valence-corrected chi connectivity index (χ4v) is 3.03. The third-order valence-corrected chi connectivity index (χ3v) is 4.12. The molecule has 3 aromatic rings. The predicted octanol–water partition coefficient (Wildman–Crippen LogP) is 2.41. The van der Waals surface area contributed by atoms with Gasteiger partial charge in [0.05, 0.1) is 18.4 Å². The number of carbonyl (C=O) groups is 1. The first-order valence-corrected chi connectivity index (χ1v) is 7.21. The zero-order valence-corrected chi connectivity index (χ0v) is 12.5. The van der Waals surface area contributed by atoms with E-state index in [0.29, 0.717) is 22.2 Å². The summed E-state index contributed by atoms with van der Waals surface area (Å²) in [5.41, 5.74) is 7.39. The molecule has 3 heterocycles. The number of amides is 1. The number of hydrogen-bond donors (Lipinski definition) is 2. The molecule has 21 heavy (non-hydrogen) atoms. The Kier molecular flexibility index (Phi) is 3.34. The van der Waals surface area contributed by atoms with Crippen LogP contribution in [0.15, 0.2) is 22.7 Å². The van der Waals surface area contributed by atoms with Crippen molar-refractivity contribution in [2.24, 2.45) is 0 Å². The van der Waals surface area contributed by atoms with E-state index in [1.165, 1.54) is 11.3 Å². The van der Waals surface area contributed by atoms with Crippen molar-refractivity contribution >= 4 is 33.1 Å². The van der Waals surface area contributed by atoms with Crippen LogP contribution in [0, 0.1) is 13.8 Å². The van der Waals surface area contributed by atoms with Gasteiger partial charge in [-0.15, -0.1) is 11.3 Å². The molecule has 0 atom stereocenters. The molecule has 0 unspecified atom stereocenters. The average molecular weight is 302 g/mol. The first-order valence-electron chi connectivity index (χ1n) is 6.39. The summed E-state index contributed by atoms with van der Waals surface area (Å²) in [7, 11) is 0. The lowest BCUT2D eigenvalue weighted by Crippen LogP contribution is -2.22. The maximum atomic E-state index is 12.2. The molecule has 108 valence electrons. The van der Waals surface area contributed by atoms with E-state index in [1.54, 1.807) is 13.1 Å². The summed E-state index contributed by atoms with van der Waals surface area (Å²) >= 11 is 1.29. The second-order valence-electron chi connectivity index (χ2n) is 4.70. The monoisotopic (exact) mass is 302 g/mol. The summed E-state index contributed by atoms with van der Waals surface area (Å²) in [6, 6.07) is 3.76. The Labute approximate surface area is 125 Å². The SMILES string of the molecule is Cc1ccc2c(N)c(C(=O)NCc3ncc(C)o3)sc2n1. The van der Waals surface area contributed by atoms with Crippen LogP contribution in [0.1, 0.15) is 27.0 Å². The van der Waals surface area contributed by atoms with Gasteiger partial charge in [-0.25, -0.2) is 9.97 Å². The van der Waals surface area contributed by atoms with Crippen LogP contribution < -0.4 is 11.1 Å². The molecule has 0 aliphatic carbocycles. The van der Waals surface area contributed by atoms with Crippen molar-refractivity contribution in [3.8, 4) is 0 Å². The second kappa shape index (κ2) is 5.17. The number of rotatable bonds is 3. The van der Waals surface area contributed by atoms with Gasteiger partial charge in [0, 0.05) is 11.1 Å². The van der Waals surface area contributed by atoms with Crippen molar-refractivity contribution in [2.75, 3.05) is 5.73 Å². The van der Waals surface area contributed by atoms with Crippen LogP contribution in [0.5, 0.6) is 0 Å². The van der Waals surface area contributed by atoms with Crippen molar-refractivity contribution in [1.29, 1.82) is 0 Å². The van der Waals surface area contributed by atoms with Crippen molar-refractivity contribution in [3.63, 3.8) is 0 Å². The van der Waals surface area contributed by atoms with Crippen LogP contribution in [0.25, 0.3) is 10.2 Å². The third kappa shape index (κ3) is 2.59. The Balaban J connectivity index is 1.82. The number of carbonyl (C=O) groups excluding carboxylic acids is 1. The number of hydrogen-bond acceptors (Lipinski definition) is 6. The molecular formula is C14H14N4O2S. The van der Waals surface area contributed by atoms with Crippen LogP contribution >= 0.6 is 11.3 Å². The zero-order chi connectivity index (χ0) is 15.0. The van der Waals surface area contributed by atoms with Crippen molar-refractivity contribution in [1.82, 2.24) is 15.3 Å². The van der Waals surface area contributed by atoms with Gasteiger partial charge >= 0.3 is 0 Å². The molecule has 0 bridgehead atoms. The highest BCUT2D eigenvalue weighted by Gasteiger charge is 2.17. The Bertz CT molecular complexity index is 822. The Hall–Kier alpha value is -2.41. The molecule has 6 nitrogen and oxygen atoms in total. The molecule has 0 aliphatic heterocycles. The van der Waals surface area contributed by atoms with E-state index in [1.807, 2.05) is 19.1 Å². The molecule has 0 aliphatic rings. The summed E-state index contributed by atoms with van der Waals surface area (Å²) < 4.78 is 5.31. The first kappa shape index (κ1) is 13.6. The Morgan fingerprint density at radius 3 is 2.95 bits per heavy atom. The van der Waals surface area contributed by atoms with Crippen LogP contribution in [-0.4, -0.2) is 15.9 Å². The predicted molar refractivity (Wildman–Crippen MR) is 81.2 cm³/mol. The van der Waals surface area contributed by atoms with Crippen LogP contribution in [0.4, 0.5) is 5.69 Å². The molecule has 3 N–H and O–H groups in total. The average Bonchev–Trinajstić information content (AvgIpc) is 3.00. The summed E-state index contributed by atoms with van der Waals surface area (Å²) in [5.74, 6) is 0.929. The fourth-order valence-electron chi connectivity index (χ4n) is 1.98. The van der Waals surface area contributed by atoms with E-state index in [-0.39, 0.29) is 12.5 Å². The lowest BCUT2D eigenvalue weighted by Gasteiger charge is -2.01. The highest BCUT2D eigenvalue weighted by Crippen LogP contribution is 2.32. The summed E-state index contributed by atoms with van der Waals surface area (Å²) in [5, 5.41) is 3.56. The van der Waals surface area contributed by atoms with Gasteiger partial charge in [0.1, 0.15) is 15.5 Å². The van der Waals surface area contributed by atoms with E-state index >= 15 is 0 Å². The molecular weight excluding hydrogens is 288 g/mol. The molecule has 0 fully saturated rings. The number of aryl methyl sites for hydroxylation is 2. The van der Waals surface area contributed by atoms with E-state index < -0.39 is 0 Å². The van der Waals surface area contributed by atoms with Crippen molar-refractivity contribution in [3.05, 3.63) is 40.6 Å². The Morgan fingerprint density at radius 1 is 1.43 bits per heavy atom. The number of fused-ring (bicyclic) bond motifs is 1. The number of thiophene rings is 1. The molecule has 0 spiro atoms. The number of nitrogens with zero attached hydrogens (tertiary/aromatic N) is 2. The lowest BCUT2D eigenvalue weighted by atomic mass is 10.2. The van der Waals surface area contributed by atoms with E-state index in [4.69, 9.17) is 10.2 Å². The smallest absolute Gasteiger partial charge is 0.264 e. The lowest BCUT2D eigenvalue weighted by molar-refractivity contribution is 0.0952. The van der Waals surface area contributed by atoms with Crippen molar-refractivity contribution < 1.29 is 9.21 Å². The first-order chi connectivity index (χ1) is 10.0. The number of aromatic nitrogens is 2. The number of nitrogens with two attached hydrogens (primary N) is 1. The Morgan fingerprint density at radius 2 is 2.24 bits per heavy atom. The molecule has 0 aromatic carbocycles. The van der Waals surface area contributed by atoms with Gasteiger partial charge in [0.2, 0.25) is 5.89 Å². The molecule has 0 saturated heterocycles. The maximum Gasteiger partial charge on any atom is 0.264 e. The topological polar surface area (TPSA) is 94.0 Å². The molecule has 3 rings (SSSR count).